The van der Waals surface area contributed by atoms with Crippen LogP contribution in [0.1, 0.15) is 24.0 Å². The Balaban J connectivity index is 1.38. The summed E-state index contributed by atoms with van der Waals surface area (Å²) >= 11 is 0. The first-order chi connectivity index (χ1) is 16.1. The van der Waals surface area contributed by atoms with Crippen LogP contribution in [0.5, 0.6) is 11.5 Å². The SMILES string of the molecule is NC(=O)[C@@]1(Cc2ccccc2-c2cncnc2)CCCN(Cc2ccc3c(c2)OCCO3)C1. The van der Waals surface area contributed by atoms with Crippen LogP contribution in [0.2, 0.25) is 0 Å². The van der Waals surface area contributed by atoms with E-state index in [9.17, 15) is 4.79 Å². The monoisotopic (exact) mass is 444 g/mol. The van der Waals surface area contributed by atoms with Crippen LogP contribution in [0.15, 0.2) is 61.2 Å². The molecule has 7 heteroatoms. The second-order valence-electron chi connectivity index (χ2n) is 8.90. The van der Waals surface area contributed by atoms with Gasteiger partial charge in [-0.05, 0) is 54.6 Å². The van der Waals surface area contributed by atoms with Gasteiger partial charge in [-0.1, -0.05) is 30.3 Å². The van der Waals surface area contributed by atoms with Crippen LogP contribution in [0, 0.1) is 5.41 Å². The van der Waals surface area contributed by atoms with E-state index in [2.05, 4.69) is 33.1 Å². The van der Waals surface area contributed by atoms with E-state index in [1.807, 2.05) is 24.3 Å². The molecule has 3 aromatic rings. The fraction of sp³-hybridized carbons (Fsp3) is 0.346. The average molecular weight is 445 g/mol. The topological polar surface area (TPSA) is 90.6 Å². The lowest BCUT2D eigenvalue weighted by atomic mass is 9.73. The molecule has 33 heavy (non-hydrogen) atoms. The van der Waals surface area contributed by atoms with Crippen LogP contribution < -0.4 is 15.2 Å². The number of rotatable bonds is 6. The smallest absolute Gasteiger partial charge is 0.225 e. The van der Waals surface area contributed by atoms with Crippen molar-refractivity contribution in [3.63, 3.8) is 0 Å². The van der Waals surface area contributed by atoms with Crippen molar-refractivity contribution >= 4 is 5.91 Å². The number of benzene rings is 2. The number of nitrogens with zero attached hydrogens (tertiary/aromatic N) is 3. The Morgan fingerprint density at radius 2 is 1.85 bits per heavy atom. The van der Waals surface area contributed by atoms with Gasteiger partial charge in [-0.25, -0.2) is 9.97 Å². The number of piperidine rings is 1. The van der Waals surface area contributed by atoms with Crippen molar-refractivity contribution in [3.8, 4) is 22.6 Å². The fourth-order valence-electron chi connectivity index (χ4n) is 5.00. The second kappa shape index (κ2) is 9.19. The zero-order valence-electron chi connectivity index (χ0n) is 18.6. The molecule has 2 aromatic carbocycles. The van der Waals surface area contributed by atoms with E-state index < -0.39 is 5.41 Å². The lowest BCUT2D eigenvalue weighted by molar-refractivity contribution is -0.131. The van der Waals surface area contributed by atoms with Crippen LogP contribution in [-0.2, 0) is 17.8 Å². The van der Waals surface area contributed by atoms with Crippen LogP contribution in [-0.4, -0.2) is 47.1 Å². The lowest BCUT2D eigenvalue weighted by Crippen LogP contribution is -2.51. The molecule has 2 aliphatic heterocycles. The molecule has 1 amide bonds. The second-order valence-corrected chi connectivity index (χ2v) is 8.90. The molecular weight excluding hydrogens is 416 g/mol. The number of amides is 1. The summed E-state index contributed by atoms with van der Waals surface area (Å²) in [6.45, 7) is 3.43. The van der Waals surface area contributed by atoms with E-state index >= 15 is 0 Å². The third kappa shape index (κ3) is 4.54. The van der Waals surface area contributed by atoms with Crippen molar-refractivity contribution < 1.29 is 14.3 Å². The largest absolute Gasteiger partial charge is 0.486 e. The summed E-state index contributed by atoms with van der Waals surface area (Å²) < 4.78 is 11.4. The van der Waals surface area contributed by atoms with E-state index in [0.29, 0.717) is 26.2 Å². The van der Waals surface area contributed by atoms with Crippen molar-refractivity contribution in [2.24, 2.45) is 11.1 Å². The summed E-state index contributed by atoms with van der Waals surface area (Å²) in [4.78, 5) is 23.5. The molecule has 2 aliphatic rings. The summed E-state index contributed by atoms with van der Waals surface area (Å²) in [7, 11) is 0. The average Bonchev–Trinajstić information content (AvgIpc) is 2.85. The maximum Gasteiger partial charge on any atom is 0.225 e. The number of hydrogen-bond acceptors (Lipinski definition) is 6. The van der Waals surface area contributed by atoms with Crippen LogP contribution in [0.4, 0.5) is 0 Å². The highest BCUT2D eigenvalue weighted by Gasteiger charge is 2.41. The highest BCUT2D eigenvalue weighted by Crippen LogP contribution is 2.38. The van der Waals surface area contributed by atoms with Crippen molar-refractivity contribution in [1.82, 2.24) is 14.9 Å². The minimum atomic E-state index is -0.627. The van der Waals surface area contributed by atoms with Crippen molar-refractivity contribution in [1.29, 1.82) is 0 Å². The zero-order valence-corrected chi connectivity index (χ0v) is 18.6. The summed E-state index contributed by atoms with van der Waals surface area (Å²) in [6, 6.07) is 14.2. The van der Waals surface area contributed by atoms with Gasteiger partial charge in [-0.2, -0.15) is 0 Å². The molecule has 2 N–H and O–H groups in total. The number of fused-ring (bicyclic) bond motifs is 1. The van der Waals surface area contributed by atoms with Gasteiger partial charge < -0.3 is 15.2 Å². The molecule has 0 aliphatic carbocycles. The number of aromatic nitrogens is 2. The van der Waals surface area contributed by atoms with Gasteiger partial charge in [0.2, 0.25) is 5.91 Å². The Kier molecular flexibility index (Phi) is 5.96. The summed E-state index contributed by atoms with van der Waals surface area (Å²) in [5.74, 6) is 1.33. The number of nitrogens with two attached hydrogens (primary N) is 1. The van der Waals surface area contributed by atoms with Gasteiger partial charge in [0.05, 0.1) is 5.41 Å². The van der Waals surface area contributed by atoms with Crippen molar-refractivity contribution in [2.75, 3.05) is 26.3 Å². The number of ether oxygens (including phenoxy) is 2. The maximum atomic E-state index is 12.9. The highest BCUT2D eigenvalue weighted by atomic mass is 16.6. The van der Waals surface area contributed by atoms with Gasteiger partial charge in [0, 0.05) is 31.0 Å². The molecule has 1 aromatic heterocycles. The Morgan fingerprint density at radius 1 is 1.06 bits per heavy atom. The van der Waals surface area contributed by atoms with Gasteiger partial charge >= 0.3 is 0 Å². The van der Waals surface area contributed by atoms with Gasteiger partial charge in [-0.3, -0.25) is 9.69 Å². The van der Waals surface area contributed by atoms with Gasteiger partial charge in [0.25, 0.3) is 0 Å². The van der Waals surface area contributed by atoms with Gasteiger partial charge in [0.15, 0.2) is 11.5 Å². The quantitative estimate of drug-likeness (QED) is 0.628. The van der Waals surface area contributed by atoms with Crippen LogP contribution >= 0.6 is 0 Å². The minimum absolute atomic E-state index is 0.242. The molecule has 1 fully saturated rings. The molecule has 7 nitrogen and oxygen atoms in total. The molecule has 1 atom stereocenters. The molecular formula is C26H28N4O3. The van der Waals surface area contributed by atoms with E-state index in [1.165, 1.54) is 6.33 Å². The zero-order chi connectivity index (χ0) is 22.7. The minimum Gasteiger partial charge on any atom is -0.486 e. The Labute approximate surface area is 193 Å². The molecule has 0 bridgehead atoms. The normalized spacial score (nSPS) is 20.4. The number of carbonyl (C=O) groups is 1. The molecule has 0 unspecified atom stereocenters. The van der Waals surface area contributed by atoms with E-state index in [-0.39, 0.29) is 5.91 Å². The Hall–Kier alpha value is -3.45. The number of primary amides is 1. The molecule has 170 valence electrons. The third-order valence-corrected chi connectivity index (χ3v) is 6.61. The predicted octanol–water partition coefficient (Wildman–Crippen LogP) is 3.23. The molecule has 0 saturated carbocycles. The van der Waals surface area contributed by atoms with Crippen LogP contribution in [0.25, 0.3) is 11.1 Å². The predicted molar refractivity (Wildman–Crippen MR) is 125 cm³/mol. The fourth-order valence-corrected chi connectivity index (χ4v) is 5.00. The summed E-state index contributed by atoms with van der Waals surface area (Å²) in [5.41, 5.74) is 9.65. The molecule has 0 radical (unpaired) electrons. The van der Waals surface area contributed by atoms with E-state index in [0.717, 1.165) is 59.7 Å². The number of likely N-dealkylation sites (tertiary alicyclic amines) is 1. The first-order valence-corrected chi connectivity index (χ1v) is 11.4. The number of carbonyl (C=O) groups excluding carboxylic acids is 1. The van der Waals surface area contributed by atoms with Crippen LogP contribution in [0.3, 0.4) is 0 Å². The van der Waals surface area contributed by atoms with Crippen molar-refractivity contribution in [3.05, 3.63) is 72.3 Å². The Bertz CT molecular complexity index is 1140. The van der Waals surface area contributed by atoms with Crippen molar-refractivity contribution in [2.45, 2.75) is 25.8 Å². The standard InChI is InChI=1S/C26H28N4O3/c27-25(31)26(13-20-4-1-2-5-22(20)21-14-28-18-29-15-21)8-3-9-30(17-26)16-19-6-7-23-24(12-19)33-11-10-32-23/h1-2,4-7,12,14-15,18H,3,8-11,13,16-17H2,(H2,27,31)/t26-/m1/s1. The number of hydrogen-bond donors (Lipinski definition) is 1. The van der Waals surface area contributed by atoms with Gasteiger partial charge in [0.1, 0.15) is 19.5 Å². The molecule has 3 heterocycles. The van der Waals surface area contributed by atoms with E-state index in [1.54, 1.807) is 12.4 Å². The molecule has 5 rings (SSSR count). The van der Waals surface area contributed by atoms with Gasteiger partial charge in [-0.15, -0.1) is 0 Å². The summed E-state index contributed by atoms with van der Waals surface area (Å²) in [6.07, 6.45) is 7.41. The maximum absolute atomic E-state index is 12.9. The molecule has 1 saturated heterocycles. The first-order valence-electron chi connectivity index (χ1n) is 11.4. The Morgan fingerprint density at radius 3 is 2.67 bits per heavy atom. The highest BCUT2D eigenvalue weighted by molar-refractivity contribution is 5.82. The summed E-state index contributed by atoms with van der Waals surface area (Å²) in [5, 5.41) is 0. The lowest BCUT2D eigenvalue weighted by Gasteiger charge is -2.41. The molecule has 0 spiro atoms. The van der Waals surface area contributed by atoms with E-state index in [4.69, 9.17) is 15.2 Å². The first kappa shape index (κ1) is 21.4. The third-order valence-electron chi connectivity index (χ3n) is 6.61.